The fourth-order valence-corrected chi connectivity index (χ4v) is 0.884. The predicted octanol–water partition coefficient (Wildman–Crippen LogP) is 0.793. The van der Waals surface area contributed by atoms with Crippen molar-refractivity contribution in [2.24, 2.45) is 11.7 Å². The van der Waals surface area contributed by atoms with Crippen LogP contribution in [0.1, 0.15) is 27.2 Å². The number of carbonyl (C=O) groups is 2. The van der Waals surface area contributed by atoms with Gasteiger partial charge in [-0.2, -0.15) is 0 Å². The van der Waals surface area contributed by atoms with Crippen LogP contribution in [0.5, 0.6) is 0 Å². The topological polar surface area (TPSA) is 92.4 Å². The van der Waals surface area contributed by atoms with Crippen molar-refractivity contribution < 1.29 is 14.7 Å². The molecule has 0 aromatic rings. The quantitative estimate of drug-likeness (QED) is 0.691. The molecule has 0 aromatic heterocycles. The number of rotatable bonds is 5. The summed E-state index contributed by atoms with van der Waals surface area (Å²) < 4.78 is 0. The van der Waals surface area contributed by atoms with Crippen LogP contribution in [0.4, 0.5) is 0 Å². The van der Waals surface area contributed by atoms with E-state index in [1.807, 2.05) is 13.8 Å². The van der Waals surface area contributed by atoms with E-state index in [1.54, 1.807) is 0 Å². The highest BCUT2D eigenvalue weighted by Crippen LogP contribution is 2.05. The molecule has 0 radical (unpaired) electrons. The molecule has 0 aliphatic heterocycles. The van der Waals surface area contributed by atoms with E-state index < -0.39 is 24.0 Å². The van der Waals surface area contributed by atoms with E-state index in [0.717, 1.165) is 6.42 Å². The van der Waals surface area contributed by atoms with Crippen molar-refractivity contribution >= 4 is 36.7 Å². The van der Waals surface area contributed by atoms with Crippen molar-refractivity contribution in [2.75, 3.05) is 0 Å². The van der Waals surface area contributed by atoms with Gasteiger partial charge in [-0.3, -0.25) is 9.59 Å². The Morgan fingerprint density at radius 1 is 1.31 bits per heavy atom. The highest BCUT2D eigenvalue weighted by molar-refractivity contribution is 5.86. The van der Waals surface area contributed by atoms with Gasteiger partial charge in [-0.05, 0) is 12.8 Å². The van der Waals surface area contributed by atoms with Crippen molar-refractivity contribution in [1.82, 2.24) is 5.32 Å². The maximum absolute atomic E-state index is 11.4. The van der Waals surface area contributed by atoms with E-state index in [-0.39, 0.29) is 30.7 Å². The number of carboxylic acid groups (broad SMARTS) is 1. The number of nitrogens with one attached hydrogen (secondary N) is 1. The number of carboxylic acids is 1. The molecule has 0 bridgehead atoms. The Balaban J connectivity index is -0.000000845. The summed E-state index contributed by atoms with van der Waals surface area (Å²) in [5.41, 5.74) is 5.61. The summed E-state index contributed by atoms with van der Waals surface area (Å²) in [5, 5.41) is 10.9. The third-order valence-corrected chi connectivity index (χ3v) is 2.29. The average molecular weight is 275 g/mol. The molecule has 1 unspecified atom stereocenters. The van der Waals surface area contributed by atoms with Gasteiger partial charge in [0.2, 0.25) is 5.91 Å². The molecular weight excluding hydrogens is 255 g/mol. The van der Waals surface area contributed by atoms with Gasteiger partial charge in [0.15, 0.2) is 0 Å². The molecule has 98 valence electrons. The molecule has 0 spiro atoms. The Bertz CT molecular complexity index is 227. The number of hydrogen-bond acceptors (Lipinski definition) is 3. The number of amides is 1. The highest BCUT2D eigenvalue weighted by atomic mass is 35.5. The van der Waals surface area contributed by atoms with Crippen LogP contribution >= 0.6 is 24.8 Å². The van der Waals surface area contributed by atoms with E-state index in [1.165, 1.54) is 6.92 Å². The van der Waals surface area contributed by atoms with Crippen molar-refractivity contribution in [3.63, 3.8) is 0 Å². The van der Waals surface area contributed by atoms with Crippen molar-refractivity contribution in [3.8, 4) is 0 Å². The summed E-state index contributed by atoms with van der Waals surface area (Å²) in [6.45, 7) is 5.19. The third-order valence-electron chi connectivity index (χ3n) is 2.29. The number of hydrogen-bond donors (Lipinski definition) is 3. The molecule has 4 N–H and O–H groups in total. The summed E-state index contributed by atoms with van der Waals surface area (Å²) >= 11 is 0. The second kappa shape index (κ2) is 9.69. The van der Waals surface area contributed by atoms with Gasteiger partial charge in [0.1, 0.15) is 6.04 Å². The molecule has 7 heteroatoms. The Labute approximate surface area is 108 Å². The van der Waals surface area contributed by atoms with Gasteiger partial charge in [0.25, 0.3) is 0 Å². The van der Waals surface area contributed by atoms with Crippen LogP contribution in [-0.2, 0) is 9.59 Å². The van der Waals surface area contributed by atoms with Crippen LogP contribution in [0.3, 0.4) is 0 Å². The highest BCUT2D eigenvalue weighted by Gasteiger charge is 2.22. The van der Waals surface area contributed by atoms with Gasteiger partial charge >= 0.3 is 5.97 Å². The van der Waals surface area contributed by atoms with Gasteiger partial charge in [-0.25, -0.2) is 0 Å². The maximum atomic E-state index is 11.4. The fourth-order valence-electron chi connectivity index (χ4n) is 0.884. The number of nitrogens with two attached hydrogens (primary N) is 1. The molecular formula is C9H20Cl2N2O3. The molecule has 0 aliphatic carbocycles. The molecule has 0 fully saturated rings. The fraction of sp³-hybridized carbons (Fsp3) is 0.778. The van der Waals surface area contributed by atoms with Crippen LogP contribution in [0.2, 0.25) is 0 Å². The zero-order valence-corrected chi connectivity index (χ0v) is 11.2. The number of halogens is 2. The summed E-state index contributed by atoms with van der Waals surface area (Å²) in [6, 6.07) is -1.53. The van der Waals surface area contributed by atoms with Crippen LogP contribution < -0.4 is 11.1 Å². The first kappa shape index (κ1) is 20.8. The van der Waals surface area contributed by atoms with E-state index in [2.05, 4.69) is 5.32 Å². The lowest BCUT2D eigenvalue weighted by Crippen LogP contribution is -2.49. The van der Waals surface area contributed by atoms with Gasteiger partial charge in [0.05, 0.1) is 6.04 Å². The van der Waals surface area contributed by atoms with Gasteiger partial charge in [-0.15, -0.1) is 24.8 Å². The van der Waals surface area contributed by atoms with E-state index in [9.17, 15) is 9.59 Å². The lowest BCUT2D eigenvalue weighted by Gasteiger charge is -2.19. The van der Waals surface area contributed by atoms with Crippen molar-refractivity contribution in [3.05, 3.63) is 0 Å². The van der Waals surface area contributed by atoms with Gasteiger partial charge in [0, 0.05) is 0 Å². The first-order chi connectivity index (χ1) is 6.40. The van der Waals surface area contributed by atoms with Crippen LogP contribution in [0.15, 0.2) is 0 Å². The first-order valence-electron chi connectivity index (χ1n) is 4.68. The van der Waals surface area contributed by atoms with Crippen molar-refractivity contribution in [1.29, 1.82) is 0 Å². The van der Waals surface area contributed by atoms with Gasteiger partial charge < -0.3 is 16.2 Å². The summed E-state index contributed by atoms with van der Waals surface area (Å²) in [5.74, 6) is -1.42. The minimum atomic E-state index is -1.06. The predicted molar refractivity (Wildman–Crippen MR) is 67.2 cm³/mol. The lowest BCUT2D eigenvalue weighted by atomic mass is 9.99. The monoisotopic (exact) mass is 274 g/mol. The Morgan fingerprint density at radius 2 is 1.75 bits per heavy atom. The normalized spacial score (nSPS) is 14.8. The standard InChI is InChI=1S/C9H18N2O3.2ClH/c1-4-5(2)7(10)8(12)11-6(3)9(13)14;;/h5-7H,4,10H2,1-3H3,(H,11,12)(H,13,14);2*1H/t5-,6?,7-;;/m0../s1. The largest absolute Gasteiger partial charge is 0.480 e. The molecule has 0 heterocycles. The molecule has 0 aromatic carbocycles. The molecule has 1 amide bonds. The average Bonchev–Trinajstić information content (AvgIpc) is 2.14. The van der Waals surface area contributed by atoms with E-state index in [0.29, 0.717) is 0 Å². The maximum Gasteiger partial charge on any atom is 0.325 e. The van der Waals surface area contributed by atoms with Crippen LogP contribution in [0, 0.1) is 5.92 Å². The lowest BCUT2D eigenvalue weighted by molar-refractivity contribution is -0.141. The first-order valence-corrected chi connectivity index (χ1v) is 4.68. The van der Waals surface area contributed by atoms with E-state index in [4.69, 9.17) is 10.8 Å². The van der Waals surface area contributed by atoms with Crippen LogP contribution in [-0.4, -0.2) is 29.1 Å². The zero-order chi connectivity index (χ0) is 11.3. The molecule has 16 heavy (non-hydrogen) atoms. The molecule has 5 nitrogen and oxygen atoms in total. The molecule has 3 atom stereocenters. The second-order valence-electron chi connectivity index (χ2n) is 3.48. The molecule has 0 saturated carbocycles. The molecule has 0 saturated heterocycles. The Morgan fingerprint density at radius 3 is 2.06 bits per heavy atom. The SMILES string of the molecule is CC[C@H](C)[C@H](N)C(=O)NC(C)C(=O)O.Cl.Cl. The number of aliphatic carboxylic acids is 1. The Hall–Kier alpha value is -0.520. The Kier molecular flexibility index (Phi) is 12.6. The van der Waals surface area contributed by atoms with Gasteiger partial charge in [-0.1, -0.05) is 20.3 Å². The third kappa shape index (κ3) is 6.87. The second-order valence-corrected chi connectivity index (χ2v) is 3.48. The van der Waals surface area contributed by atoms with E-state index >= 15 is 0 Å². The summed E-state index contributed by atoms with van der Waals surface area (Å²) in [7, 11) is 0. The minimum absolute atomic E-state index is 0. The summed E-state index contributed by atoms with van der Waals surface area (Å²) in [4.78, 5) is 21.8. The van der Waals surface area contributed by atoms with Crippen LogP contribution in [0.25, 0.3) is 0 Å². The molecule has 0 rings (SSSR count). The minimum Gasteiger partial charge on any atom is -0.480 e. The zero-order valence-electron chi connectivity index (χ0n) is 9.60. The summed E-state index contributed by atoms with van der Waals surface area (Å²) in [6.07, 6.45) is 0.788. The van der Waals surface area contributed by atoms with Crippen molar-refractivity contribution in [2.45, 2.75) is 39.3 Å². The smallest absolute Gasteiger partial charge is 0.325 e. The molecule has 0 aliphatic rings. The number of carbonyl (C=O) groups excluding carboxylic acids is 1.